The molecule has 2 rings (SSSR count). The fraction of sp³-hybridized carbons (Fsp3) is 0.417. The maximum absolute atomic E-state index is 6.03. The fourth-order valence-corrected chi connectivity index (χ4v) is 2.20. The number of fused-ring (bicyclic) bond motifs is 1. The van der Waals surface area contributed by atoms with Crippen LogP contribution in [0.5, 0.6) is 0 Å². The number of halogens is 2. The van der Waals surface area contributed by atoms with Gasteiger partial charge < -0.3 is 10.2 Å². The monoisotopic (exact) mass is 272 g/mol. The van der Waals surface area contributed by atoms with Crippen LogP contribution in [0.3, 0.4) is 0 Å². The second-order valence-corrected chi connectivity index (χ2v) is 4.88. The van der Waals surface area contributed by atoms with Crippen LogP contribution in [0.4, 0.5) is 0 Å². The van der Waals surface area contributed by atoms with Crippen molar-refractivity contribution in [2.45, 2.75) is 32.2 Å². The molecule has 3 nitrogen and oxygen atoms in total. The molecule has 1 heterocycles. The zero-order valence-electron chi connectivity index (χ0n) is 9.54. The summed E-state index contributed by atoms with van der Waals surface area (Å²) in [5.41, 5.74) is 7.21. The number of hydrogen-bond donors (Lipinski definition) is 1. The van der Waals surface area contributed by atoms with Crippen molar-refractivity contribution >= 4 is 34.3 Å². The van der Waals surface area contributed by atoms with E-state index < -0.39 is 0 Å². The summed E-state index contributed by atoms with van der Waals surface area (Å²) in [6.45, 7) is 2.12. The Labute approximate surface area is 110 Å². The summed E-state index contributed by atoms with van der Waals surface area (Å²) in [6, 6.07) is 3.18. The highest BCUT2D eigenvalue weighted by molar-refractivity contribution is 6.37. The summed E-state index contributed by atoms with van der Waals surface area (Å²) in [5, 5.41) is 1.01. The first-order valence-corrected chi connectivity index (χ1v) is 6.38. The minimum Gasteiger partial charge on any atom is -0.437 e. The van der Waals surface area contributed by atoms with E-state index in [9.17, 15) is 0 Å². The first-order valence-electron chi connectivity index (χ1n) is 5.63. The summed E-state index contributed by atoms with van der Waals surface area (Å²) in [7, 11) is 0. The van der Waals surface area contributed by atoms with Gasteiger partial charge in [-0.2, -0.15) is 0 Å². The van der Waals surface area contributed by atoms with E-state index in [0.29, 0.717) is 27.0 Å². The molecule has 0 saturated heterocycles. The third kappa shape index (κ3) is 2.73. The van der Waals surface area contributed by atoms with Crippen molar-refractivity contribution in [2.24, 2.45) is 5.73 Å². The van der Waals surface area contributed by atoms with Crippen LogP contribution < -0.4 is 5.73 Å². The number of hydrogen-bond acceptors (Lipinski definition) is 3. The van der Waals surface area contributed by atoms with Crippen LogP contribution in [0.2, 0.25) is 10.0 Å². The average Bonchev–Trinajstić information content (AvgIpc) is 2.69. The highest BCUT2D eigenvalue weighted by atomic mass is 35.5. The predicted octanol–water partition coefficient (Wildman–Crippen LogP) is 4.32. The van der Waals surface area contributed by atoms with E-state index in [1.807, 2.05) is 0 Å². The van der Waals surface area contributed by atoms with Crippen LogP contribution >= 0.6 is 23.2 Å². The molecule has 0 spiro atoms. The van der Waals surface area contributed by atoms with Crippen LogP contribution in [-0.2, 0) is 0 Å². The summed E-state index contributed by atoms with van der Waals surface area (Å²) in [5.74, 6) is 0.526. The molecule has 0 aliphatic carbocycles. The van der Waals surface area contributed by atoms with Gasteiger partial charge in [-0.05, 0) is 18.6 Å². The summed E-state index contributed by atoms with van der Waals surface area (Å²) < 4.78 is 5.59. The maximum atomic E-state index is 6.03. The minimum absolute atomic E-state index is 0.183. The van der Waals surface area contributed by atoms with Gasteiger partial charge in [-0.25, -0.2) is 4.98 Å². The van der Waals surface area contributed by atoms with E-state index in [2.05, 4.69) is 11.9 Å². The summed E-state index contributed by atoms with van der Waals surface area (Å²) >= 11 is 11.9. The normalized spacial score (nSPS) is 13.2. The second-order valence-electron chi connectivity index (χ2n) is 4.04. The molecule has 0 aliphatic rings. The molecule has 0 amide bonds. The molecule has 5 heteroatoms. The topological polar surface area (TPSA) is 52.0 Å². The molecule has 1 unspecified atom stereocenters. The molecular formula is C12H14Cl2N2O. The number of unbranched alkanes of at least 4 members (excludes halogenated alkanes) is 1. The van der Waals surface area contributed by atoms with Crippen LogP contribution in [0.25, 0.3) is 11.1 Å². The third-order valence-electron chi connectivity index (χ3n) is 2.61. The quantitative estimate of drug-likeness (QED) is 0.902. The van der Waals surface area contributed by atoms with Crippen molar-refractivity contribution in [3.05, 3.63) is 28.1 Å². The Bertz CT molecular complexity index is 524. The van der Waals surface area contributed by atoms with Gasteiger partial charge in [0.1, 0.15) is 5.52 Å². The lowest BCUT2D eigenvalue weighted by atomic mass is 10.1. The Morgan fingerprint density at radius 3 is 2.88 bits per heavy atom. The average molecular weight is 273 g/mol. The van der Waals surface area contributed by atoms with Crippen molar-refractivity contribution in [1.29, 1.82) is 0 Å². The number of aromatic nitrogens is 1. The lowest BCUT2D eigenvalue weighted by molar-refractivity contribution is 0.450. The predicted molar refractivity (Wildman–Crippen MR) is 70.5 cm³/mol. The molecule has 2 N–H and O–H groups in total. The van der Waals surface area contributed by atoms with Crippen molar-refractivity contribution < 1.29 is 4.42 Å². The smallest absolute Gasteiger partial charge is 0.212 e. The Hall–Kier alpha value is -0.770. The molecule has 0 radical (unpaired) electrons. The van der Waals surface area contributed by atoms with Gasteiger partial charge in [-0.15, -0.1) is 0 Å². The van der Waals surface area contributed by atoms with Crippen LogP contribution in [0.15, 0.2) is 16.5 Å². The maximum Gasteiger partial charge on any atom is 0.212 e. The summed E-state index contributed by atoms with van der Waals surface area (Å²) in [6.07, 6.45) is 3.00. The third-order valence-corrected chi connectivity index (χ3v) is 3.11. The summed E-state index contributed by atoms with van der Waals surface area (Å²) in [4.78, 5) is 4.33. The molecular weight excluding hydrogens is 259 g/mol. The van der Waals surface area contributed by atoms with Crippen molar-refractivity contribution in [2.75, 3.05) is 0 Å². The molecule has 2 aromatic rings. The Kier molecular flexibility index (Phi) is 3.92. The number of nitrogens with zero attached hydrogens (tertiary/aromatic N) is 1. The van der Waals surface area contributed by atoms with E-state index in [0.717, 1.165) is 19.3 Å². The van der Waals surface area contributed by atoms with Crippen molar-refractivity contribution in [1.82, 2.24) is 4.98 Å². The van der Waals surface area contributed by atoms with E-state index in [1.54, 1.807) is 12.1 Å². The van der Waals surface area contributed by atoms with E-state index >= 15 is 0 Å². The zero-order chi connectivity index (χ0) is 12.4. The SMILES string of the molecule is CCCCC(N)c1nc2cc(Cl)cc(Cl)c2o1. The van der Waals surface area contributed by atoms with Gasteiger partial charge in [0, 0.05) is 5.02 Å². The largest absolute Gasteiger partial charge is 0.437 e. The lowest BCUT2D eigenvalue weighted by Crippen LogP contribution is -2.10. The Morgan fingerprint density at radius 1 is 1.41 bits per heavy atom. The van der Waals surface area contributed by atoms with E-state index in [-0.39, 0.29) is 6.04 Å². The van der Waals surface area contributed by atoms with E-state index in [4.69, 9.17) is 33.4 Å². The Morgan fingerprint density at radius 2 is 2.18 bits per heavy atom. The minimum atomic E-state index is -0.183. The molecule has 0 saturated carbocycles. The van der Waals surface area contributed by atoms with Gasteiger partial charge in [-0.3, -0.25) is 0 Å². The highest BCUT2D eigenvalue weighted by Gasteiger charge is 2.15. The molecule has 0 fully saturated rings. The van der Waals surface area contributed by atoms with Crippen LogP contribution in [0, 0.1) is 0 Å². The van der Waals surface area contributed by atoms with E-state index in [1.165, 1.54) is 0 Å². The molecule has 92 valence electrons. The van der Waals surface area contributed by atoms with Gasteiger partial charge in [0.2, 0.25) is 5.89 Å². The van der Waals surface area contributed by atoms with Crippen LogP contribution in [-0.4, -0.2) is 4.98 Å². The molecule has 0 bridgehead atoms. The molecule has 1 atom stereocenters. The Balaban J connectivity index is 2.34. The standard InChI is InChI=1S/C12H14Cl2N2O/c1-2-3-4-9(15)12-16-10-6-7(13)5-8(14)11(10)17-12/h5-6,9H,2-4,15H2,1H3. The molecule has 1 aromatic carbocycles. The number of oxazole rings is 1. The van der Waals surface area contributed by atoms with Gasteiger partial charge in [0.25, 0.3) is 0 Å². The van der Waals surface area contributed by atoms with Gasteiger partial charge in [0.15, 0.2) is 5.58 Å². The molecule has 0 aliphatic heterocycles. The first kappa shape index (κ1) is 12.7. The first-order chi connectivity index (χ1) is 8.11. The highest BCUT2D eigenvalue weighted by Crippen LogP contribution is 2.30. The number of benzene rings is 1. The number of nitrogens with two attached hydrogens (primary N) is 1. The fourth-order valence-electron chi connectivity index (χ4n) is 1.68. The lowest BCUT2D eigenvalue weighted by Gasteiger charge is -2.04. The van der Waals surface area contributed by atoms with Crippen molar-refractivity contribution in [3.63, 3.8) is 0 Å². The zero-order valence-corrected chi connectivity index (χ0v) is 11.1. The van der Waals surface area contributed by atoms with Gasteiger partial charge >= 0.3 is 0 Å². The number of rotatable bonds is 4. The van der Waals surface area contributed by atoms with Gasteiger partial charge in [-0.1, -0.05) is 43.0 Å². The van der Waals surface area contributed by atoms with Gasteiger partial charge in [0.05, 0.1) is 11.1 Å². The van der Waals surface area contributed by atoms with Crippen LogP contribution in [0.1, 0.15) is 38.1 Å². The second kappa shape index (κ2) is 5.25. The molecule has 1 aromatic heterocycles. The van der Waals surface area contributed by atoms with Crippen molar-refractivity contribution in [3.8, 4) is 0 Å². The molecule has 17 heavy (non-hydrogen) atoms.